The predicted octanol–water partition coefficient (Wildman–Crippen LogP) is 43.4. The molecule has 798 valence electrons. The van der Waals surface area contributed by atoms with Gasteiger partial charge in [-0.2, -0.15) is 0 Å². The zero-order valence-corrected chi connectivity index (χ0v) is 99.8. The van der Waals surface area contributed by atoms with Gasteiger partial charge in [0, 0.05) is 39.5 Å². The highest BCUT2D eigenvalue weighted by molar-refractivity contribution is 5.91. The van der Waals surface area contributed by atoms with Crippen LogP contribution in [0.15, 0.2) is 194 Å². The fraction of sp³-hybridized carbons (Fsp3) is 0.497. The van der Waals surface area contributed by atoms with Crippen molar-refractivity contribution in [1.29, 1.82) is 0 Å². The predicted molar refractivity (Wildman–Crippen MR) is 653 cm³/mol. The first-order valence-corrected chi connectivity index (χ1v) is 58.3. The Bertz CT molecular complexity index is 5830. The van der Waals surface area contributed by atoms with Crippen LogP contribution in [-0.4, -0.2) is 13.2 Å². The maximum absolute atomic E-state index is 7.02. The monoisotopic (exact) mass is 2000 g/mol. The Hall–Kier alpha value is -10.6. The third kappa shape index (κ3) is 28.1. The molecule has 13 rings (SSSR count). The third-order valence-corrected chi connectivity index (χ3v) is 32.7. The van der Waals surface area contributed by atoms with E-state index in [1.54, 1.807) is 0 Å². The number of hydrogen-bond donors (Lipinski definition) is 0. The van der Waals surface area contributed by atoms with Crippen LogP contribution in [0.5, 0.6) is 11.5 Å². The number of hydrogen-bond acceptors (Lipinski definition) is 6. The number of ether oxygens (including phenoxy) is 2. The largest absolute Gasteiger partial charge is 0.493 e. The van der Waals surface area contributed by atoms with E-state index in [1.165, 1.54) is 344 Å². The van der Waals surface area contributed by atoms with E-state index < -0.39 is 0 Å². The molecule has 0 fully saturated rings. The van der Waals surface area contributed by atoms with Crippen LogP contribution in [0, 0.1) is 96.9 Å². The fourth-order valence-corrected chi connectivity index (χ4v) is 23.9. The molecule has 0 spiro atoms. The lowest BCUT2D eigenvalue weighted by atomic mass is 9.70. The average molecular weight is 2000 g/mol. The Morgan fingerprint density at radius 3 is 0.611 bits per heavy atom. The molecule has 0 aromatic heterocycles. The lowest BCUT2D eigenvalue weighted by Gasteiger charge is -2.34. The van der Waals surface area contributed by atoms with Gasteiger partial charge in [0.1, 0.15) is 11.5 Å². The van der Waals surface area contributed by atoms with Crippen molar-refractivity contribution in [2.45, 2.75) is 453 Å². The highest BCUT2D eigenvalue weighted by Gasteiger charge is 2.44. The van der Waals surface area contributed by atoms with Crippen LogP contribution in [-0.2, 0) is 50.7 Å². The fourth-order valence-electron chi connectivity index (χ4n) is 23.9. The molecular weight excluding hydrogens is 1810 g/mol. The van der Waals surface area contributed by atoms with Crippen LogP contribution < -0.4 is 29.1 Å². The maximum atomic E-state index is 7.02. The normalized spacial score (nSPS) is 12.8. The van der Waals surface area contributed by atoms with Crippen molar-refractivity contribution >= 4 is 68.2 Å². The van der Waals surface area contributed by atoms with Crippen LogP contribution in [0.4, 0.5) is 68.2 Å². The minimum Gasteiger partial charge on any atom is -0.493 e. The summed E-state index contributed by atoms with van der Waals surface area (Å²) in [6.07, 6.45) is 34.2. The van der Waals surface area contributed by atoms with Crippen LogP contribution in [0.1, 0.15) is 439 Å². The summed E-state index contributed by atoms with van der Waals surface area (Å²) in [5, 5.41) is 0. The first-order valence-electron chi connectivity index (χ1n) is 58.3. The molecule has 12 aromatic carbocycles. The number of unbranched alkanes of at least 4 members (excludes halogenated alkanes) is 20. The molecule has 0 unspecified atom stereocenters. The van der Waals surface area contributed by atoms with Gasteiger partial charge in [0.2, 0.25) is 0 Å². The number of anilines is 12. The average Bonchev–Trinajstić information content (AvgIpc) is 1.35. The molecule has 6 nitrogen and oxygen atoms in total. The maximum Gasteiger partial charge on any atom is 0.122 e. The topological polar surface area (TPSA) is 31.4 Å². The first-order chi connectivity index (χ1) is 70.4. The van der Waals surface area contributed by atoms with E-state index >= 15 is 0 Å². The van der Waals surface area contributed by atoms with E-state index in [9.17, 15) is 0 Å². The van der Waals surface area contributed by atoms with E-state index in [1.807, 2.05) is 0 Å². The van der Waals surface area contributed by atoms with Gasteiger partial charge in [-0.05, 0) is 423 Å². The number of benzene rings is 12. The Labute approximate surface area is 907 Å². The quantitative estimate of drug-likeness (QED) is 0.0354. The molecule has 1 aliphatic rings. The SMILES string of the molecule is CCCCCCCCC1(CCCCCCCC)c2cc(OCCCCCCCCc3ccc(N(c4ccc(N(c5c(C)cc(C(C)(C)C)cc5C)c5c(C)cc(C(C)(C)C)cc5C)cc4)c4c(C)cc(C(C)(C)C)cc4C)cc3)c(C)cc2-c2cc(C)c(OCCCCCCCCc3ccc(N(c4ccc(N(c5c(C)cc(C(C)(C)C)cc5C)c5c(C)cc(C(C)(C)C)cc5C)cc4)c4c(C)cc(C(C)(C)C)cc4C)cc3)cc21. The second-order valence-electron chi connectivity index (χ2n) is 51.8. The van der Waals surface area contributed by atoms with Crippen LogP contribution in [0.2, 0.25) is 0 Å². The van der Waals surface area contributed by atoms with E-state index in [0.29, 0.717) is 0 Å². The van der Waals surface area contributed by atoms with Gasteiger partial charge in [0.15, 0.2) is 0 Å². The number of rotatable bonds is 46. The summed E-state index contributed by atoms with van der Waals surface area (Å²) in [6.45, 7) is 80.3. The molecule has 1 aliphatic carbocycles. The molecule has 0 heterocycles. The summed E-state index contributed by atoms with van der Waals surface area (Å²) in [7, 11) is 0. The Balaban J connectivity index is 0.638. The van der Waals surface area contributed by atoms with Crippen LogP contribution in [0.25, 0.3) is 11.1 Å². The van der Waals surface area contributed by atoms with Crippen molar-refractivity contribution in [3.05, 3.63) is 328 Å². The van der Waals surface area contributed by atoms with Crippen LogP contribution in [0.3, 0.4) is 0 Å². The van der Waals surface area contributed by atoms with Crippen molar-refractivity contribution in [2.75, 3.05) is 32.8 Å². The van der Waals surface area contributed by atoms with Crippen molar-refractivity contribution in [2.24, 2.45) is 0 Å². The lowest BCUT2D eigenvalue weighted by Crippen LogP contribution is -2.26. The molecule has 0 saturated heterocycles. The number of aryl methyl sites for hydroxylation is 16. The molecule has 0 atom stereocenters. The van der Waals surface area contributed by atoms with Crippen molar-refractivity contribution < 1.29 is 9.47 Å². The van der Waals surface area contributed by atoms with Gasteiger partial charge in [-0.1, -0.05) is 364 Å². The van der Waals surface area contributed by atoms with Gasteiger partial charge in [-0.25, -0.2) is 0 Å². The van der Waals surface area contributed by atoms with Crippen molar-refractivity contribution in [1.82, 2.24) is 0 Å². The first kappa shape index (κ1) is 116. The Morgan fingerprint density at radius 2 is 0.389 bits per heavy atom. The van der Waals surface area contributed by atoms with Gasteiger partial charge in [-0.3, -0.25) is 0 Å². The second kappa shape index (κ2) is 49.5. The van der Waals surface area contributed by atoms with Gasteiger partial charge in [0.25, 0.3) is 0 Å². The molecular formula is C143H194N4O2. The molecule has 0 amide bonds. The van der Waals surface area contributed by atoms with Gasteiger partial charge in [0.05, 0.1) is 47.3 Å². The van der Waals surface area contributed by atoms with E-state index in [0.717, 1.165) is 73.1 Å². The Kier molecular flexibility index (Phi) is 38.4. The van der Waals surface area contributed by atoms with E-state index in [-0.39, 0.29) is 37.9 Å². The minimum absolute atomic E-state index is 0.0283. The third-order valence-electron chi connectivity index (χ3n) is 32.7. The zero-order valence-electron chi connectivity index (χ0n) is 99.8. The standard InChI is InChI=1S/C143H194N4O2/c1-35-37-39-41-49-55-77-143(78-56-50-42-40-38-36-2)127-95-129(148-79-57-51-45-43-47-53-59-111-61-65-119(66-62-111)144(131-99(5)81-113(82-100(131)6)137(17,18)19)121-69-73-123(74-70-121)146(133-103(9)85-115(86-104(133)10)139(23,24)25)134-105(11)87-116(88-106(134)12)140(26,27)28)97(3)93-125(127)126-94-98(4)130(96-128(126)143)149-80-58-52-46-44-48-54-60-112-63-67-120(68-64-112)145(132-101(7)83-114(84-102(132)8)138(20,21)22)122-71-75-124(76-72-122)147(135-107(13)89-117(90-108(135)14)141(29,30)31)136-109(15)91-118(92-110(136)16)142(32,33)34/h61-76,81-96H,35-60,77-80H2,1-34H3. The zero-order chi connectivity index (χ0) is 108. The van der Waals surface area contributed by atoms with Crippen molar-refractivity contribution in [3.8, 4) is 22.6 Å². The smallest absolute Gasteiger partial charge is 0.122 e. The molecule has 0 aliphatic heterocycles. The molecule has 6 heteroatoms. The van der Waals surface area contributed by atoms with E-state index in [4.69, 9.17) is 9.47 Å². The van der Waals surface area contributed by atoms with Crippen LogP contribution >= 0.6 is 0 Å². The second-order valence-corrected chi connectivity index (χ2v) is 51.8. The molecule has 0 radical (unpaired) electrons. The molecule has 0 bridgehead atoms. The van der Waals surface area contributed by atoms with Gasteiger partial charge in [-0.15, -0.1) is 0 Å². The number of fused-ring (bicyclic) bond motifs is 3. The molecule has 0 saturated carbocycles. The molecule has 149 heavy (non-hydrogen) atoms. The van der Waals surface area contributed by atoms with Crippen molar-refractivity contribution in [3.63, 3.8) is 0 Å². The van der Waals surface area contributed by atoms with Gasteiger partial charge < -0.3 is 29.1 Å². The minimum atomic E-state index is -0.0809. The summed E-state index contributed by atoms with van der Waals surface area (Å²) in [4.78, 5) is 10.1. The van der Waals surface area contributed by atoms with E-state index in [2.05, 4.69) is 449 Å². The van der Waals surface area contributed by atoms with Gasteiger partial charge >= 0.3 is 0 Å². The summed E-state index contributed by atoms with van der Waals surface area (Å²) in [6, 6.07) is 77.2. The summed E-state index contributed by atoms with van der Waals surface area (Å²) in [5.74, 6) is 2.16. The number of nitrogens with zero attached hydrogens (tertiary/aromatic N) is 4. The lowest BCUT2D eigenvalue weighted by molar-refractivity contribution is 0.300. The Morgan fingerprint density at radius 1 is 0.201 bits per heavy atom. The highest BCUT2D eigenvalue weighted by Crippen LogP contribution is 2.59. The summed E-state index contributed by atoms with van der Waals surface area (Å²) < 4.78 is 14.0. The summed E-state index contributed by atoms with van der Waals surface area (Å²) in [5.41, 5.74) is 49.3. The summed E-state index contributed by atoms with van der Waals surface area (Å²) >= 11 is 0. The molecule has 0 N–H and O–H groups in total. The molecule has 12 aromatic rings. The highest BCUT2D eigenvalue weighted by atomic mass is 16.5.